The Labute approximate surface area is 139 Å². The Morgan fingerprint density at radius 1 is 1.14 bits per heavy atom. The molecular weight excluding hydrogens is 348 g/mol. The van der Waals surface area contributed by atoms with Crippen LogP contribution in [0.5, 0.6) is 5.75 Å². The van der Waals surface area contributed by atoms with E-state index < -0.39 is 0 Å². The SMILES string of the molecule is ClCC(Cc1ccc(Br)cc1)CC1COc2ccccc21. The van der Waals surface area contributed by atoms with Crippen LogP contribution in [-0.2, 0) is 6.42 Å². The van der Waals surface area contributed by atoms with Crippen LogP contribution in [0.25, 0.3) is 0 Å². The summed E-state index contributed by atoms with van der Waals surface area (Å²) in [4.78, 5) is 0. The predicted molar refractivity (Wildman–Crippen MR) is 91.4 cm³/mol. The van der Waals surface area contributed by atoms with Crippen molar-refractivity contribution in [1.29, 1.82) is 0 Å². The minimum absolute atomic E-state index is 0.473. The van der Waals surface area contributed by atoms with E-state index in [-0.39, 0.29) is 0 Å². The summed E-state index contributed by atoms with van der Waals surface area (Å²) in [5, 5.41) is 0. The lowest BCUT2D eigenvalue weighted by Gasteiger charge is -2.18. The molecule has 0 fully saturated rings. The van der Waals surface area contributed by atoms with Crippen molar-refractivity contribution in [2.45, 2.75) is 18.8 Å². The molecule has 2 unspecified atom stereocenters. The van der Waals surface area contributed by atoms with Gasteiger partial charge in [0.05, 0.1) is 6.61 Å². The second kappa shape index (κ2) is 6.85. The molecule has 1 nitrogen and oxygen atoms in total. The molecule has 110 valence electrons. The molecule has 2 atom stereocenters. The van der Waals surface area contributed by atoms with Crippen LogP contribution < -0.4 is 4.74 Å². The fraction of sp³-hybridized carbons (Fsp3) is 0.333. The van der Waals surface area contributed by atoms with Gasteiger partial charge in [0.15, 0.2) is 0 Å². The summed E-state index contributed by atoms with van der Waals surface area (Å²) in [6.45, 7) is 0.785. The van der Waals surface area contributed by atoms with Crippen LogP contribution in [0.1, 0.15) is 23.5 Å². The van der Waals surface area contributed by atoms with Crippen molar-refractivity contribution >= 4 is 27.5 Å². The van der Waals surface area contributed by atoms with Gasteiger partial charge in [0.25, 0.3) is 0 Å². The highest BCUT2D eigenvalue weighted by atomic mass is 79.9. The molecule has 1 aliphatic heterocycles. The lowest BCUT2D eigenvalue weighted by Crippen LogP contribution is -2.13. The van der Waals surface area contributed by atoms with Gasteiger partial charge in [0.2, 0.25) is 0 Å². The van der Waals surface area contributed by atoms with Crippen molar-refractivity contribution in [3.05, 3.63) is 64.1 Å². The van der Waals surface area contributed by atoms with Gasteiger partial charge < -0.3 is 4.74 Å². The molecule has 2 aromatic rings. The molecule has 0 aromatic heterocycles. The third-order valence-corrected chi connectivity index (χ3v) is 5.04. The Bertz CT molecular complexity index is 596. The third-order valence-electron chi connectivity index (χ3n) is 4.07. The Kier molecular flexibility index (Phi) is 4.87. The molecule has 0 saturated carbocycles. The topological polar surface area (TPSA) is 9.23 Å². The molecule has 2 aromatic carbocycles. The van der Waals surface area contributed by atoms with Crippen LogP contribution in [0.3, 0.4) is 0 Å². The minimum Gasteiger partial charge on any atom is -0.493 e. The van der Waals surface area contributed by atoms with E-state index in [1.165, 1.54) is 11.1 Å². The maximum atomic E-state index is 6.20. The molecule has 0 aliphatic carbocycles. The van der Waals surface area contributed by atoms with E-state index in [2.05, 4.69) is 58.4 Å². The second-order valence-corrected chi connectivity index (χ2v) is 6.86. The number of hydrogen-bond acceptors (Lipinski definition) is 1. The van der Waals surface area contributed by atoms with Crippen molar-refractivity contribution in [2.24, 2.45) is 5.92 Å². The van der Waals surface area contributed by atoms with Gasteiger partial charge in [0.1, 0.15) is 5.75 Å². The molecule has 0 radical (unpaired) electrons. The van der Waals surface area contributed by atoms with E-state index >= 15 is 0 Å². The minimum atomic E-state index is 0.473. The van der Waals surface area contributed by atoms with Gasteiger partial charge >= 0.3 is 0 Å². The Morgan fingerprint density at radius 3 is 2.67 bits per heavy atom. The maximum absolute atomic E-state index is 6.20. The predicted octanol–water partition coefficient (Wildman–Crippen LogP) is 5.41. The molecule has 1 heterocycles. The van der Waals surface area contributed by atoms with E-state index in [9.17, 15) is 0 Å². The average Bonchev–Trinajstić information content (AvgIpc) is 2.92. The monoisotopic (exact) mass is 364 g/mol. The van der Waals surface area contributed by atoms with Crippen LogP contribution >= 0.6 is 27.5 Å². The van der Waals surface area contributed by atoms with Crippen molar-refractivity contribution < 1.29 is 4.74 Å². The molecule has 3 rings (SSSR count). The largest absolute Gasteiger partial charge is 0.493 e. The molecule has 0 saturated heterocycles. The summed E-state index contributed by atoms with van der Waals surface area (Å²) >= 11 is 9.68. The smallest absolute Gasteiger partial charge is 0.122 e. The number of benzene rings is 2. The highest BCUT2D eigenvalue weighted by Crippen LogP contribution is 2.38. The molecule has 0 bridgehead atoms. The number of halogens is 2. The Morgan fingerprint density at radius 2 is 1.90 bits per heavy atom. The maximum Gasteiger partial charge on any atom is 0.122 e. The number of ether oxygens (including phenoxy) is 1. The Balaban J connectivity index is 1.67. The van der Waals surface area contributed by atoms with Gasteiger partial charge in [0, 0.05) is 21.8 Å². The first-order valence-corrected chi connectivity index (χ1v) is 8.61. The van der Waals surface area contributed by atoms with E-state index in [1.54, 1.807) is 0 Å². The number of hydrogen-bond donors (Lipinski definition) is 0. The summed E-state index contributed by atoms with van der Waals surface area (Å²) in [6, 6.07) is 16.9. The first-order chi connectivity index (χ1) is 10.3. The number of alkyl halides is 1. The molecule has 0 amide bonds. The zero-order valence-electron chi connectivity index (χ0n) is 11.8. The van der Waals surface area contributed by atoms with Crippen LogP contribution in [0, 0.1) is 5.92 Å². The van der Waals surface area contributed by atoms with Crippen molar-refractivity contribution in [1.82, 2.24) is 0 Å². The average molecular weight is 366 g/mol. The molecule has 0 spiro atoms. The molecule has 21 heavy (non-hydrogen) atoms. The highest BCUT2D eigenvalue weighted by molar-refractivity contribution is 9.10. The van der Waals surface area contributed by atoms with Crippen molar-refractivity contribution in [2.75, 3.05) is 12.5 Å². The van der Waals surface area contributed by atoms with Crippen LogP contribution in [0.2, 0.25) is 0 Å². The molecule has 1 aliphatic rings. The molecular formula is C18H18BrClO. The lowest BCUT2D eigenvalue weighted by atomic mass is 9.88. The molecule has 0 N–H and O–H groups in total. The van der Waals surface area contributed by atoms with Gasteiger partial charge in [-0.25, -0.2) is 0 Å². The summed E-state index contributed by atoms with van der Waals surface area (Å²) in [5.74, 6) is 2.68. The number of fused-ring (bicyclic) bond motifs is 1. The standard InChI is InChI=1S/C18H18BrClO/c19-16-7-5-13(6-8-16)9-14(11-20)10-15-12-21-18-4-2-1-3-17(15)18/h1-8,14-15H,9-12H2. The fourth-order valence-electron chi connectivity index (χ4n) is 2.98. The number of para-hydroxylation sites is 1. The normalized spacial score (nSPS) is 18.1. The van der Waals surface area contributed by atoms with Crippen LogP contribution in [0.15, 0.2) is 53.0 Å². The zero-order chi connectivity index (χ0) is 14.7. The van der Waals surface area contributed by atoms with Gasteiger partial charge in [-0.05, 0) is 42.5 Å². The van der Waals surface area contributed by atoms with Crippen LogP contribution in [-0.4, -0.2) is 12.5 Å². The lowest BCUT2D eigenvalue weighted by molar-refractivity contribution is 0.310. The summed E-state index contributed by atoms with van der Waals surface area (Å²) in [6.07, 6.45) is 2.10. The fourth-order valence-corrected chi connectivity index (χ4v) is 3.48. The summed E-state index contributed by atoms with van der Waals surface area (Å²) in [5.41, 5.74) is 2.68. The van der Waals surface area contributed by atoms with Gasteiger partial charge in [-0.2, -0.15) is 0 Å². The van der Waals surface area contributed by atoms with Gasteiger partial charge in [-0.1, -0.05) is 46.3 Å². The summed E-state index contributed by atoms with van der Waals surface area (Å²) < 4.78 is 6.89. The van der Waals surface area contributed by atoms with Gasteiger partial charge in [-0.15, -0.1) is 11.6 Å². The third kappa shape index (κ3) is 3.61. The van der Waals surface area contributed by atoms with E-state index in [0.29, 0.717) is 17.7 Å². The van der Waals surface area contributed by atoms with E-state index in [1.807, 2.05) is 6.07 Å². The quantitative estimate of drug-likeness (QED) is 0.643. The van der Waals surface area contributed by atoms with Crippen molar-refractivity contribution in [3.8, 4) is 5.75 Å². The zero-order valence-corrected chi connectivity index (χ0v) is 14.1. The first-order valence-electron chi connectivity index (χ1n) is 7.28. The number of rotatable bonds is 5. The van der Waals surface area contributed by atoms with E-state index in [4.69, 9.17) is 16.3 Å². The molecule has 3 heteroatoms. The summed E-state index contributed by atoms with van der Waals surface area (Å²) in [7, 11) is 0. The van der Waals surface area contributed by atoms with Crippen molar-refractivity contribution in [3.63, 3.8) is 0 Å². The van der Waals surface area contributed by atoms with Crippen LogP contribution in [0.4, 0.5) is 0 Å². The van der Waals surface area contributed by atoms with Gasteiger partial charge in [-0.3, -0.25) is 0 Å². The first kappa shape index (κ1) is 14.9. The van der Waals surface area contributed by atoms with E-state index in [0.717, 1.165) is 29.7 Å². The second-order valence-electron chi connectivity index (χ2n) is 5.63. The Hall–Kier alpha value is -0.990. The highest BCUT2D eigenvalue weighted by Gasteiger charge is 2.26.